The van der Waals surface area contributed by atoms with Crippen LogP contribution in [0.3, 0.4) is 0 Å². The van der Waals surface area contributed by atoms with Crippen molar-refractivity contribution in [2.24, 2.45) is 0 Å². The average molecular weight is 287 g/mol. The van der Waals surface area contributed by atoms with E-state index in [4.69, 9.17) is 10.5 Å². The molecule has 1 aromatic rings. The van der Waals surface area contributed by atoms with Gasteiger partial charge in [0.15, 0.2) is 0 Å². The first-order valence-electron chi connectivity index (χ1n) is 5.99. The van der Waals surface area contributed by atoms with Crippen LogP contribution in [0.1, 0.15) is 13.3 Å². The van der Waals surface area contributed by atoms with Crippen molar-refractivity contribution in [3.63, 3.8) is 0 Å². The normalized spacial score (nSPS) is 13.2. The maximum Gasteiger partial charge on any atom is 0.242 e. The van der Waals surface area contributed by atoms with Crippen LogP contribution in [-0.4, -0.2) is 35.2 Å². The van der Waals surface area contributed by atoms with Crippen LogP contribution < -0.4 is 15.8 Å². The van der Waals surface area contributed by atoms with Crippen LogP contribution in [0.15, 0.2) is 23.1 Å². The van der Waals surface area contributed by atoms with Crippen molar-refractivity contribution < 1.29 is 13.2 Å². The topological polar surface area (TPSA) is 93.5 Å². The Hall–Kier alpha value is -1.31. The molecule has 0 fully saturated rings. The molecule has 6 nitrogen and oxygen atoms in total. The first-order valence-corrected chi connectivity index (χ1v) is 7.47. The highest BCUT2D eigenvalue weighted by Crippen LogP contribution is 2.24. The highest BCUT2D eigenvalue weighted by Gasteiger charge is 2.18. The second-order valence-corrected chi connectivity index (χ2v) is 6.14. The van der Waals surface area contributed by atoms with Gasteiger partial charge in [-0.15, -0.1) is 0 Å². The molecule has 0 aliphatic heterocycles. The summed E-state index contributed by atoms with van der Waals surface area (Å²) in [5, 5.41) is 3.16. The van der Waals surface area contributed by atoms with Gasteiger partial charge in [-0.05, 0) is 38.6 Å². The maximum atomic E-state index is 11.9. The fourth-order valence-corrected chi connectivity index (χ4v) is 2.55. The van der Waals surface area contributed by atoms with Gasteiger partial charge in [0, 0.05) is 25.4 Å². The van der Waals surface area contributed by atoms with E-state index in [1.807, 2.05) is 6.92 Å². The van der Waals surface area contributed by atoms with Crippen molar-refractivity contribution in [3.05, 3.63) is 18.2 Å². The maximum absolute atomic E-state index is 11.9. The number of sulfonamides is 1. The molecule has 108 valence electrons. The van der Waals surface area contributed by atoms with Gasteiger partial charge >= 0.3 is 0 Å². The highest BCUT2D eigenvalue weighted by atomic mass is 32.2. The monoisotopic (exact) mass is 287 g/mol. The smallest absolute Gasteiger partial charge is 0.242 e. The molecule has 4 N–H and O–H groups in total. The van der Waals surface area contributed by atoms with E-state index in [0.717, 1.165) is 6.42 Å². The Bertz CT molecular complexity index is 517. The van der Waals surface area contributed by atoms with E-state index in [1.54, 1.807) is 19.2 Å². The lowest BCUT2D eigenvalue weighted by molar-refractivity contribution is 0.191. The molecule has 0 bridgehead atoms. The summed E-state index contributed by atoms with van der Waals surface area (Å²) in [5.41, 5.74) is 6.59. The van der Waals surface area contributed by atoms with E-state index in [9.17, 15) is 8.42 Å². The third kappa shape index (κ3) is 4.38. The molecule has 1 unspecified atom stereocenters. The molecule has 1 atom stereocenters. The summed E-state index contributed by atoms with van der Waals surface area (Å²) in [5.74, 6) is 0. The number of hydrogen-bond donors (Lipinski definition) is 3. The van der Waals surface area contributed by atoms with Crippen LogP contribution in [-0.2, 0) is 14.8 Å². The van der Waals surface area contributed by atoms with E-state index in [0.29, 0.717) is 18.0 Å². The predicted octanol–water partition coefficient (Wildman–Crippen LogP) is 1.01. The number of methoxy groups -OCH3 is 1. The molecule has 0 saturated carbocycles. The molecule has 0 radical (unpaired) electrons. The van der Waals surface area contributed by atoms with Crippen molar-refractivity contribution in [2.75, 3.05) is 31.8 Å². The molecule has 7 heteroatoms. The van der Waals surface area contributed by atoms with Gasteiger partial charge in [0.25, 0.3) is 0 Å². The zero-order valence-electron chi connectivity index (χ0n) is 11.4. The lowest BCUT2D eigenvalue weighted by Crippen LogP contribution is -2.23. The first-order chi connectivity index (χ1) is 8.90. The summed E-state index contributed by atoms with van der Waals surface area (Å²) in [7, 11) is -0.538. The molecule has 0 aromatic heterocycles. The summed E-state index contributed by atoms with van der Waals surface area (Å²) in [6.45, 7) is 2.57. The molecule has 0 aliphatic rings. The van der Waals surface area contributed by atoms with Gasteiger partial charge in [0.05, 0.1) is 5.69 Å². The number of nitrogen functional groups attached to an aromatic ring is 1. The van der Waals surface area contributed by atoms with Crippen LogP contribution in [0.4, 0.5) is 11.4 Å². The van der Waals surface area contributed by atoms with Crippen LogP contribution >= 0.6 is 0 Å². The largest absolute Gasteiger partial charge is 0.399 e. The lowest BCUT2D eigenvalue weighted by Gasteiger charge is -2.18. The Kier molecular flexibility index (Phi) is 5.59. The molecule has 0 amide bonds. The second-order valence-electron chi connectivity index (χ2n) is 4.29. The second kappa shape index (κ2) is 6.74. The van der Waals surface area contributed by atoms with Crippen molar-refractivity contribution in [2.45, 2.75) is 24.3 Å². The van der Waals surface area contributed by atoms with Crippen molar-refractivity contribution in [1.82, 2.24) is 4.72 Å². The Morgan fingerprint density at radius 1 is 1.42 bits per heavy atom. The molecule has 19 heavy (non-hydrogen) atoms. The average Bonchev–Trinajstić information content (AvgIpc) is 2.38. The van der Waals surface area contributed by atoms with Gasteiger partial charge < -0.3 is 15.8 Å². The SMILES string of the molecule is CNS(=O)(=O)c1cc(N)ccc1NC(C)CCOC. The number of hydrogen-bond acceptors (Lipinski definition) is 5. The summed E-state index contributed by atoms with van der Waals surface area (Å²) in [6.07, 6.45) is 0.778. The van der Waals surface area contributed by atoms with E-state index >= 15 is 0 Å². The third-order valence-electron chi connectivity index (χ3n) is 2.72. The predicted molar refractivity (Wildman–Crippen MR) is 76.7 cm³/mol. The van der Waals surface area contributed by atoms with Gasteiger partial charge in [-0.25, -0.2) is 13.1 Å². The van der Waals surface area contributed by atoms with Gasteiger partial charge in [-0.1, -0.05) is 0 Å². The molecular formula is C12H21N3O3S. The minimum Gasteiger partial charge on any atom is -0.399 e. The number of nitrogens with one attached hydrogen (secondary N) is 2. The van der Waals surface area contributed by atoms with Crippen molar-refractivity contribution in [3.8, 4) is 0 Å². The minimum atomic E-state index is -3.54. The molecular weight excluding hydrogens is 266 g/mol. The standard InChI is InChI=1S/C12H21N3O3S/c1-9(6-7-18-3)15-11-5-4-10(13)8-12(11)19(16,17)14-2/h4-5,8-9,14-15H,6-7,13H2,1-3H3. The van der Waals surface area contributed by atoms with Crippen molar-refractivity contribution >= 4 is 21.4 Å². The zero-order valence-corrected chi connectivity index (χ0v) is 12.3. The number of benzene rings is 1. The summed E-state index contributed by atoms with van der Waals surface area (Å²) < 4.78 is 31.2. The lowest BCUT2D eigenvalue weighted by atomic mass is 10.2. The molecule has 0 saturated heterocycles. The Morgan fingerprint density at radius 3 is 2.68 bits per heavy atom. The minimum absolute atomic E-state index is 0.0920. The Labute approximate surface area is 114 Å². The summed E-state index contributed by atoms with van der Waals surface area (Å²) >= 11 is 0. The first kappa shape index (κ1) is 15.7. The van der Waals surface area contributed by atoms with Gasteiger partial charge in [0.1, 0.15) is 4.90 Å². The fourth-order valence-electron chi connectivity index (χ4n) is 1.62. The van der Waals surface area contributed by atoms with Crippen LogP contribution in [0.25, 0.3) is 0 Å². The quantitative estimate of drug-likeness (QED) is 0.651. The molecule has 0 aliphatic carbocycles. The summed E-state index contributed by atoms with van der Waals surface area (Å²) in [4.78, 5) is 0.152. The zero-order chi connectivity index (χ0) is 14.5. The third-order valence-corrected chi connectivity index (χ3v) is 4.18. The number of ether oxygens (including phenoxy) is 1. The van der Waals surface area contributed by atoms with E-state index in [1.165, 1.54) is 13.1 Å². The number of rotatable bonds is 7. The van der Waals surface area contributed by atoms with E-state index < -0.39 is 10.0 Å². The molecule has 0 heterocycles. The molecule has 0 spiro atoms. The van der Waals surface area contributed by atoms with Gasteiger partial charge in [-0.3, -0.25) is 0 Å². The van der Waals surface area contributed by atoms with Gasteiger partial charge in [0.2, 0.25) is 10.0 Å². The van der Waals surface area contributed by atoms with E-state index in [-0.39, 0.29) is 10.9 Å². The Morgan fingerprint density at radius 2 is 2.11 bits per heavy atom. The van der Waals surface area contributed by atoms with E-state index in [2.05, 4.69) is 10.0 Å². The summed E-state index contributed by atoms with van der Waals surface area (Å²) in [6, 6.07) is 4.87. The van der Waals surface area contributed by atoms with Crippen LogP contribution in [0.5, 0.6) is 0 Å². The highest BCUT2D eigenvalue weighted by molar-refractivity contribution is 7.89. The number of anilines is 2. The van der Waals surface area contributed by atoms with Gasteiger partial charge in [-0.2, -0.15) is 0 Å². The van der Waals surface area contributed by atoms with Crippen molar-refractivity contribution in [1.29, 1.82) is 0 Å². The fraction of sp³-hybridized carbons (Fsp3) is 0.500. The molecule has 1 rings (SSSR count). The van der Waals surface area contributed by atoms with Crippen LogP contribution in [0, 0.1) is 0 Å². The Balaban J connectivity index is 3.01. The number of nitrogens with two attached hydrogens (primary N) is 1. The molecule has 1 aromatic carbocycles. The van der Waals surface area contributed by atoms with Crippen LogP contribution in [0.2, 0.25) is 0 Å².